The van der Waals surface area contributed by atoms with Gasteiger partial charge in [-0.2, -0.15) is 0 Å². The van der Waals surface area contributed by atoms with E-state index in [4.69, 9.17) is 0 Å². The molecular formula is C28H52. The molecule has 0 aliphatic carbocycles. The maximum atomic E-state index is 2.33. The molecule has 164 valence electrons. The molecule has 0 nitrogen and oxygen atoms in total. The Kier molecular flexibility index (Phi) is 25.5. The monoisotopic (exact) mass is 388 g/mol. The predicted molar refractivity (Wildman–Crippen MR) is 131 cm³/mol. The molecule has 0 amide bonds. The lowest BCUT2D eigenvalue weighted by atomic mass is 10.1. The predicted octanol–water partition coefficient (Wildman–Crippen LogP) is 10.5. The van der Waals surface area contributed by atoms with E-state index < -0.39 is 0 Å². The minimum absolute atomic E-state index is 1.24. The Bertz CT molecular complexity index is 347. The van der Waals surface area contributed by atoms with Gasteiger partial charge >= 0.3 is 0 Å². The fourth-order valence-corrected chi connectivity index (χ4v) is 3.62. The topological polar surface area (TPSA) is 0 Å². The molecule has 28 heavy (non-hydrogen) atoms. The maximum Gasteiger partial charge on any atom is -0.0348 e. The number of hydrogen-bond acceptors (Lipinski definition) is 0. The van der Waals surface area contributed by atoms with E-state index in [2.05, 4.69) is 50.3 Å². The molecule has 0 spiro atoms. The van der Waals surface area contributed by atoms with Gasteiger partial charge in [0.25, 0.3) is 0 Å². The molecule has 0 atom stereocenters. The molecule has 0 heteroatoms. The number of allylic oxidation sites excluding steroid dienone is 6. The van der Waals surface area contributed by atoms with E-state index in [0.29, 0.717) is 0 Å². The molecule has 0 heterocycles. The largest absolute Gasteiger partial charge is 0.0845 e. The highest BCUT2D eigenvalue weighted by atomic mass is 14.0. The first kappa shape index (κ1) is 27.2. The van der Waals surface area contributed by atoms with Crippen molar-refractivity contribution >= 4 is 0 Å². The Balaban J connectivity index is 3.24. The minimum atomic E-state index is 1.24. The smallest absolute Gasteiger partial charge is 0.0348 e. The molecule has 0 N–H and O–H groups in total. The van der Waals surface area contributed by atoms with Gasteiger partial charge in [-0.05, 0) is 25.7 Å². The Hall–Kier alpha value is -0.780. The third-order valence-corrected chi connectivity index (χ3v) is 5.55. The van der Waals surface area contributed by atoms with Gasteiger partial charge in [0, 0.05) is 0 Å². The van der Waals surface area contributed by atoms with E-state index in [9.17, 15) is 0 Å². The van der Waals surface area contributed by atoms with Crippen molar-refractivity contribution in [2.24, 2.45) is 0 Å². The zero-order chi connectivity index (χ0) is 20.4. The summed E-state index contributed by atoms with van der Waals surface area (Å²) in [5, 5.41) is 0. The molecule has 0 aromatic rings. The molecular weight excluding hydrogens is 336 g/mol. The van der Waals surface area contributed by atoms with Crippen LogP contribution in [0.4, 0.5) is 0 Å². The third-order valence-electron chi connectivity index (χ3n) is 5.55. The summed E-state index contributed by atoms with van der Waals surface area (Å²) in [7, 11) is 0. The average Bonchev–Trinajstić information content (AvgIpc) is 2.71. The van der Waals surface area contributed by atoms with Crippen molar-refractivity contribution in [1.82, 2.24) is 0 Å². The van der Waals surface area contributed by atoms with E-state index in [1.165, 1.54) is 128 Å². The molecule has 0 aliphatic rings. The molecule has 0 saturated heterocycles. The quantitative estimate of drug-likeness (QED) is 0.128. The molecule has 0 saturated carbocycles. The van der Waals surface area contributed by atoms with E-state index in [1.54, 1.807) is 0 Å². The number of hydrogen-bond donors (Lipinski definition) is 0. The van der Waals surface area contributed by atoms with Gasteiger partial charge in [-0.25, -0.2) is 0 Å². The van der Waals surface area contributed by atoms with Crippen LogP contribution >= 0.6 is 0 Å². The van der Waals surface area contributed by atoms with Crippen molar-refractivity contribution in [2.45, 2.75) is 142 Å². The first-order valence-corrected chi connectivity index (χ1v) is 12.9. The second-order valence-corrected chi connectivity index (χ2v) is 8.48. The summed E-state index contributed by atoms with van der Waals surface area (Å²) >= 11 is 0. The highest BCUT2D eigenvalue weighted by Gasteiger charge is 1.92. The van der Waals surface area contributed by atoms with Crippen molar-refractivity contribution in [2.75, 3.05) is 0 Å². The summed E-state index contributed by atoms with van der Waals surface area (Å²) in [5.74, 6) is 0. The summed E-state index contributed by atoms with van der Waals surface area (Å²) in [6.07, 6.45) is 41.4. The molecule has 0 radical (unpaired) electrons. The second kappa shape index (κ2) is 26.2. The summed E-state index contributed by atoms with van der Waals surface area (Å²) in [5.41, 5.74) is 0. The van der Waals surface area contributed by atoms with Gasteiger partial charge in [0.15, 0.2) is 0 Å². The fourth-order valence-electron chi connectivity index (χ4n) is 3.62. The Labute approximate surface area is 179 Å². The first-order chi connectivity index (χ1) is 13.9. The SMILES string of the molecule is CCCCCCCCCCC=CC=CC=CCCCCCCCCCCCC. The molecule has 0 rings (SSSR count). The van der Waals surface area contributed by atoms with Crippen LogP contribution in [0.3, 0.4) is 0 Å². The lowest BCUT2D eigenvalue weighted by Crippen LogP contribution is -1.81. The molecule has 0 bridgehead atoms. The van der Waals surface area contributed by atoms with Crippen LogP contribution in [0.25, 0.3) is 0 Å². The van der Waals surface area contributed by atoms with Gasteiger partial charge in [0.2, 0.25) is 0 Å². The molecule has 0 fully saturated rings. The van der Waals surface area contributed by atoms with Gasteiger partial charge in [0.05, 0.1) is 0 Å². The van der Waals surface area contributed by atoms with Gasteiger partial charge in [0.1, 0.15) is 0 Å². The van der Waals surface area contributed by atoms with Crippen LogP contribution in [0, 0.1) is 0 Å². The highest BCUT2D eigenvalue weighted by molar-refractivity contribution is 5.10. The Morgan fingerprint density at radius 2 is 0.607 bits per heavy atom. The van der Waals surface area contributed by atoms with Gasteiger partial charge in [-0.3, -0.25) is 0 Å². The normalized spacial score (nSPS) is 12.2. The van der Waals surface area contributed by atoms with Crippen LogP contribution < -0.4 is 0 Å². The van der Waals surface area contributed by atoms with Crippen molar-refractivity contribution in [3.8, 4) is 0 Å². The van der Waals surface area contributed by atoms with Crippen molar-refractivity contribution < 1.29 is 0 Å². The lowest BCUT2D eigenvalue weighted by Gasteiger charge is -2.01. The van der Waals surface area contributed by atoms with Crippen molar-refractivity contribution in [3.05, 3.63) is 36.5 Å². The molecule has 0 aromatic heterocycles. The molecule has 0 aliphatic heterocycles. The maximum absolute atomic E-state index is 2.33. The van der Waals surface area contributed by atoms with Crippen LogP contribution in [0.1, 0.15) is 142 Å². The van der Waals surface area contributed by atoms with Crippen molar-refractivity contribution in [1.29, 1.82) is 0 Å². The van der Waals surface area contributed by atoms with E-state index >= 15 is 0 Å². The standard InChI is InChI=1S/C28H52/c1-3-5-7-9-11-13-15-17-19-21-23-25-27-28-26-24-22-20-18-16-14-12-10-8-6-4-2/h21,23,25-28H,3-20,22,24H2,1-2H3. The average molecular weight is 389 g/mol. The number of unbranched alkanes of at least 4 members (excludes halogenated alkanes) is 18. The molecule has 0 aromatic carbocycles. The first-order valence-electron chi connectivity index (χ1n) is 12.9. The van der Waals surface area contributed by atoms with Crippen LogP contribution in [0.5, 0.6) is 0 Å². The Morgan fingerprint density at radius 1 is 0.321 bits per heavy atom. The van der Waals surface area contributed by atoms with E-state index in [-0.39, 0.29) is 0 Å². The van der Waals surface area contributed by atoms with Gasteiger partial charge in [-0.1, -0.05) is 153 Å². The van der Waals surface area contributed by atoms with E-state index in [0.717, 1.165) is 0 Å². The van der Waals surface area contributed by atoms with Crippen LogP contribution in [-0.4, -0.2) is 0 Å². The third kappa shape index (κ3) is 25.2. The Morgan fingerprint density at radius 3 is 0.929 bits per heavy atom. The lowest BCUT2D eigenvalue weighted by molar-refractivity contribution is 0.557. The summed E-state index contributed by atoms with van der Waals surface area (Å²) in [6.45, 7) is 4.58. The summed E-state index contributed by atoms with van der Waals surface area (Å²) in [6, 6.07) is 0. The molecule has 0 unspecified atom stereocenters. The van der Waals surface area contributed by atoms with Gasteiger partial charge < -0.3 is 0 Å². The highest BCUT2D eigenvalue weighted by Crippen LogP contribution is 2.11. The summed E-state index contributed by atoms with van der Waals surface area (Å²) < 4.78 is 0. The fraction of sp³-hybridized carbons (Fsp3) is 0.786. The second-order valence-electron chi connectivity index (χ2n) is 8.48. The van der Waals surface area contributed by atoms with Crippen LogP contribution in [-0.2, 0) is 0 Å². The number of rotatable bonds is 22. The summed E-state index contributed by atoms with van der Waals surface area (Å²) in [4.78, 5) is 0. The van der Waals surface area contributed by atoms with Crippen LogP contribution in [0.2, 0.25) is 0 Å². The van der Waals surface area contributed by atoms with Gasteiger partial charge in [-0.15, -0.1) is 0 Å². The zero-order valence-corrected chi connectivity index (χ0v) is 19.6. The van der Waals surface area contributed by atoms with Crippen LogP contribution in [0.15, 0.2) is 36.5 Å². The van der Waals surface area contributed by atoms with E-state index in [1.807, 2.05) is 0 Å². The minimum Gasteiger partial charge on any atom is -0.0845 e. The van der Waals surface area contributed by atoms with Crippen molar-refractivity contribution in [3.63, 3.8) is 0 Å². The zero-order valence-electron chi connectivity index (χ0n) is 19.6.